The number of fused-ring (bicyclic) bond motifs is 1. The highest BCUT2D eigenvalue weighted by Gasteiger charge is 2.46. The smallest absolute Gasteiger partial charge is 0.272 e. The van der Waals surface area contributed by atoms with Gasteiger partial charge in [0.05, 0.1) is 20.8 Å². The van der Waals surface area contributed by atoms with E-state index < -0.39 is 11.4 Å². The van der Waals surface area contributed by atoms with Crippen LogP contribution in [-0.4, -0.2) is 65.2 Å². The molecule has 2 aliphatic rings. The summed E-state index contributed by atoms with van der Waals surface area (Å²) < 4.78 is 12.0. The van der Waals surface area contributed by atoms with Crippen molar-refractivity contribution in [3.05, 3.63) is 41.2 Å². The normalized spacial score (nSPS) is 20.1. The Morgan fingerprint density at radius 1 is 1.15 bits per heavy atom. The predicted octanol–water partition coefficient (Wildman–Crippen LogP) is 1.73. The molecule has 10 heteroatoms. The standard InChI is InChI=1S/C24H31N5O5/c1-24(23(32)26-16-7-5-6-8-16)14-29-18(22(31)28(24)2)12-17(27-29)21(30)25-13-15-9-10-19(33-3)20(11-15)34-4/h9-12,16H,5-8,13-14H2,1-4H3,(H,25,30)(H,26,32)/t24-/m0/s1. The van der Waals surface area contributed by atoms with Crippen molar-refractivity contribution >= 4 is 17.7 Å². The van der Waals surface area contributed by atoms with Crippen LogP contribution in [0.2, 0.25) is 0 Å². The van der Waals surface area contributed by atoms with E-state index >= 15 is 0 Å². The second-order valence-corrected chi connectivity index (χ2v) is 9.04. The molecule has 1 aromatic heterocycles. The highest BCUT2D eigenvalue weighted by Crippen LogP contribution is 2.29. The molecular weight excluding hydrogens is 438 g/mol. The van der Waals surface area contributed by atoms with E-state index in [-0.39, 0.29) is 42.3 Å². The van der Waals surface area contributed by atoms with Gasteiger partial charge in [-0.2, -0.15) is 5.10 Å². The number of carbonyl (C=O) groups excluding carboxylic acids is 3. The van der Waals surface area contributed by atoms with Crippen molar-refractivity contribution in [1.29, 1.82) is 0 Å². The molecule has 2 N–H and O–H groups in total. The van der Waals surface area contributed by atoms with Gasteiger partial charge in [-0.05, 0) is 37.5 Å². The number of ether oxygens (including phenoxy) is 2. The van der Waals surface area contributed by atoms with Crippen LogP contribution >= 0.6 is 0 Å². The van der Waals surface area contributed by atoms with E-state index in [0.29, 0.717) is 11.5 Å². The zero-order valence-electron chi connectivity index (χ0n) is 20.0. The number of benzene rings is 1. The van der Waals surface area contributed by atoms with Gasteiger partial charge in [0.25, 0.3) is 11.8 Å². The lowest BCUT2D eigenvalue weighted by Gasteiger charge is -2.41. The molecule has 34 heavy (non-hydrogen) atoms. The molecule has 3 amide bonds. The molecule has 1 saturated carbocycles. The third-order valence-corrected chi connectivity index (χ3v) is 6.81. The lowest BCUT2D eigenvalue weighted by molar-refractivity contribution is -0.133. The Morgan fingerprint density at radius 2 is 1.85 bits per heavy atom. The number of methoxy groups -OCH3 is 2. The van der Waals surface area contributed by atoms with Gasteiger partial charge in [-0.15, -0.1) is 0 Å². The summed E-state index contributed by atoms with van der Waals surface area (Å²) in [6.07, 6.45) is 4.11. The SMILES string of the molecule is COc1ccc(CNC(=O)c2cc3n(n2)C[C@@](C)(C(=O)NC2CCCC2)N(C)C3=O)cc1OC. The van der Waals surface area contributed by atoms with Crippen LogP contribution in [-0.2, 0) is 17.9 Å². The molecule has 1 aromatic carbocycles. The molecular formula is C24H31N5O5. The molecule has 182 valence electrons. The fraction of sp³-hybridized carbons (Fsp3) is 0.500. The molecule has 1 atom stereocenters. The summed E-state index contributed by atoms with van der Waals surface area (Å²) in [7, 11) is 4.72. The van der Waals surface area contributed by atoms with E-state index in [1.807, 2.05) is 6.07 Å². The monoisotopic (exact) mass is 469 g/mol. The van der Waals surface area contributed by atoms with Gasteiger partial charge in [0, 0.05) is 25.7 Å². The minimum atomic E-state index is -1.09. The van der Waals surface area contributed by atoms with Gasteiger partial charge in [0.2, 0.25) is 5.91 Å². The maximum absolute atomic E-state index is 13.1. The number of nitrogens with zero attached hydrogens (tertiary/aromatic N) is 3. The summed E-state index contributed by atoms with van der Waals surface area (Å²) in [4.78, 5) is 40.4. The maximum atomic E-state index is 13.1. The van der Waals surface area contributed by atoms with Gasteiger partial charge in [-0.3, -0.25) is 19.1 Å². The Kier molecular flexibility index (Phi) is 6.49. The van der Waals surface area contributed by atoms with Crippen molar-refractivity contribution in [2.75, 3.05) is 21.3 Å². The first-order valence-electron chi connectivity index (χ1n) is 11.4. The number of nitrogens with one attached hydrogen (secondary N) is 2. The molecule has 0 spiro atoms. The molecule has 1 fully saturated rings. The van der Waals surface area contributed by atoms with Gasteiger partial charge in [0.1, 0.15) is 11.2 Å². The van der Waals surface area contributed by atoms with Crippen molar-refractivity contribution < 1.29 is 23.9 Å². The number of amides is 3. The van der Waals surface area contributed by atoms with Crippen LogP contribution < -0.4 is 20.1 Å². The minimum Gasteiger partial charge on any atom is -0.493 e. The van der Waals surface area contributed by atoms with Crippen molar-refractivity contribution in [3.8, 4) is 11.5 Å². The number of carbonyl (C=O) groups is 3. The molecule has 10 nitrogen and oxygen atoms in total. The quantitative estimate of drug-likeness (QED) is 0.638. The Balaban J connectivity index is 1.47. The van der Waals surface area contributed by atoms with Gasteiger partial charge in [-0.1, -0.05) is 18.9 Å². The van der Waals surface area contributed by atoms with E-state index in [0.717, 1.165) is 31.2 Å². The summed E-state index contributed by atoms with van der Waals surface area (Å²) >= 11 is 0. The van der Waals surface area contributed by atoms with Crippen molar-refractivity contribution in [1.82, 2.24) is 25.3 Å². The number of aromatic nitrogens is 2. The van der Waals surface area contributed by atoms with Crippen LogP contribution in [0.5, 0.6) is 11.5 Å². The average molecular weight is 470 g/mol. The number of rotatable bonds is 7. The van der Waals surface area contributed by atoms with Crippen LogP contribution in [0, 0.1) is 0 Å². The van der Waals surface area contributed by atoms with Crippen molar-refractivity contribution in [2.24, 2.45) is 0 Å². The number of likely N-dealkylation sites (N-methyl/N-ethyl adjacent to an activating group) is 1. The molecule has 2 heterocycles. The lowest BCUT2D eigenvalue weighted by Crippen LogP contribution is -2.63. The fourth-order valence-electron chi connectivity index (χ4n) is 4.51. The topological polar surface area (TPSA) is 115 Å². The highest BCUT2D eigenvalue weighted by atomic mass is 16.5. The zero-order valence-corrected chi connectivity index (χ0v) is 20.0. The third-order valence-electron chi connectivity index (χ3n) is 6.81. The molecule has 4 rings (SSSR count). The van der Waals surface area contributed by atoms with Crippen LogP contribution in [0.4, 0.5) is 0 Å². The second kappa shape index (κ2) is 9.36. The van der Waals surface area contributed by atoms with E-state index in [2.05, 4.69) is 15.7 Å². The van der Waals surface area contributed by atoms with Gasteiger partial charge < -0.3 is 25.0 Å². The number of hydrogen-bond acceptors (Lipinski definition) is 6. The third kappa shape index (κ3) is 4.32. The molecule has 1 aliphatic heterocycles. The Hall–Kier alpha value is -3.56. The molecule has 0 radical (unpaired) electrons. The van der Waals surface area contributed by atoms with Crippen LogP contribution in [0.1, 0.15) is 59.1 Å². The van der Waals surface area contributed by atoms with Gasteiger partial charge in [0.15, 0.2) is 17.2 Å². The van der Waals surface area contributed by atoms with Crippen LogP contribution in [0.3, 0.4) is 0 Å². The molecule has 1 aliphatic carbocycles. The summed E-state index contributed by atoms with van der Waals surface area (Å²) in [5.74, 6) is 0.208. The Bertz CT molecular complexity index is 1110. The minimum absolute atomic E-state index is 0.123. The molecule has 2 aromatic rings. The maximum Gasteiger partial charge on any atom is 0.272 e. The first-order chi connectivity index (χ1) is 16.3. The fourth-order valence-corrected chi connectivity index (χ4v) is 4.51. The van der Waals surface area contributed by atoms with E-state index in [1.54, 1.807) is 40.3 Å². The van der Waals surface area contributed by atoms with E-state index in [9.17, 15) is 14.4 Å². The van der Waals surface area contributed by atoms with Crippen LogP contribution in [0.15, 0.2) is 24.3 Å². The summed E-state index contributed by atoms with van der Waals surface area (Å²) in [6, 6.07) is 6.99. The van der Waals surface area contributed by atoms with Crippen molar-refractivity contribution in [2.45, 2.75) is 57.3 Å². The predicted molar refractivity (Wildman–Crippen MR) is 124 cm³/mol. The van der Waals surface area contributed by atoms with Crippen molar-refractivity contribution in [3.63, 3.8) is 0 Å². The lowest BCUT2D eigenvalue weighted by atomic mass is 9.95. The second-order valence-electron chi connectivity index (χ2n) is 9.04. The Labute approximate surface area is 198 Å². The first-order valence-corrected chi connectivity index (χ1v) is 11.4. The highest BCUT2D eigenvalue weighted by molar-refractivity contribution is 6.01. The number of hydrogen-bond donors (Lipinski definition) is 2. The molecule has 0 saturated heterocycles. The van der Waals surface area contributed by atoms with Gasteiger partial charge >= 0.3 is 0 Å². The molecule has 0 bridgehead atoms. The zero-order chi connectivity index (χ0) is 24.5. The van der Waals surface area contributed by atoms with Crippen LogP contribution in [0.25, 0.3) is 0 Å². The summed E-state index contributed by atoms with van der Waals surface area (Å²) in [5.41, 5.74) is 0.135. The first kappa shape index (κ1) is 23.6. The van der Waals surface area contributed by atoms with E-state index in [1.165, 1.54) is 15.6 Å². The molecule has 0 unspecified atom stereocenters. The average Bonchev–Trinajstić information content (AvgIpc) is 3.50. The Morgan fingerprint density at radius 3 is 2.53 bits per heavy atom. The summed E-state index contributed by atoms with van der Waals surface area (Å²) in [5, 5.41) is 10.3. The summed E-state index contributed by atoms with van der Waals surface area (Å²) in [6.45, 7) is 2.15. The van der Waals surface area contributed by atoms with E-state index in [4.69, 9.17) is 9.47 Å². The largest absolute Gasteiger partial charge is 0.493 e. The van der Waals surface area contributed by atoms with Gasteiger partial charge in [-0.25, -0.2) is 0 Å².